The minimum absolute atomic E-state index is 0.489. The zero-order chi connectivity index (χ0) is 14.5. The minimum atomic E-state index is 0.489. The average Bonchev–Trinajstić information content (AvgIpc) is 2.54. The molecule has 0 unspecified atom stereocenters. The number of nitrogens with two attached hydrogens (primary N) is 1. The molecule has 0 bridgehead atoms. The van der Waals surface area contributed by atoms with E-state index in [1.54, 1.807) is 0 Å². The lowest BCUT2D eigenvalue weighted by molar-refractivity contribution is 0.412. The molecule has 21 heavy (non-hydrogen) atoms. The van der Waals surface area contributed by atoms with Crippen molar-refractivity contribution >= 4 is 16.7 Å². The second-order valence-corrected chi connectivity index (χ2v) is 5.66. The highest BCUT2D eigenvalue weighted by Gasteiger charge is 2.13. The van der Waals surface area contributed by atoms with Crippen molar-refractivity contribution < 1.29 is 0 Å². The first kappa shape index (κ1) is 13.9. The number of nitrogens with zero attached hydrogens (tertiary/aromatic N) is 2. The molecule has 0 atom stereocenters. The molecule has 0 saturated heterocycles. The number of guanidine groups is 1. The fourth-order valence-corrected chi connectivity index (χ4v) is 2.97. The molecule has 1 aromatic carbocycles. The predicted molar refractivity (Wildman–Crippen MR) is 87.1 cm³/mol. The Morgan fingerprint density at radius 1 is 1.19 bits per heavy atom. The van der Waals surface area contributed by atoms with E-state index < -0.39 is 0 Å². The van der Waals surface area contributed by atoms with Crippen molar-refractivity contribution in [3.8, 4) is 0 Å². The van der Waals surface area contributed by atoms with Gasteiger partial charge in [0.1, 0.15) is 0 Å². The molecule has 0 amide bonds. The molecular formula is C17H22N4. The lowest BCUT2D eigenvalue weighted by atomic mass is 9.96. The van der Waals surface area contributed by atoms with Gasteiger partial charge in [-0.1, -0.05) is 43.5 Å². The van der Waals surface area contributed by atoms with Gasteiger partial charge in [0.25, 0.3) is 0 Å². The van der Waals surface area contributed by atoms with Crippen LogP contribution in [0.2, 0.25) is 0 Å². The van der Waals surface area contributed by atoms with Crippen molar-refractivity contribution in [2.75, 3.05) is 0 Å². The molecule has 1 aliphatic rings. The number of hydrogen-bond acceptors (Lipinski definition) is 2. The van der Waals surface area contributed by atoms with Crippen LogP contribution in [0, 0.1) is 0 Å². The van der Waals surface area contributed by atoms with Gasteiger partial charge in [0, 0.05) is 17.6 Å². The molecule has 0 aliphatic heterocycles. The molecule has 1 saturated carbocycles. The first-order chi connectivity index (χ1) is 10.3. The molecule has 4 nitrogen and oxygen atoms in total. The number of hydrogen-bond donors (Lipinski definition) is 2. The van der Waals surface area contributed by atoms with Crippen molar-refractivity contribution in [1.29, 1.82) is 0 Å². The van der Waals surface area contributed by atoms with E-state index in [4.69, 9.17) is 5.73 Å². The monoisotopic (exact) mass is 282 g/mol. The highest BCUT2D eigenvalue weighted by molar-refractivity contribution is 5.84. The molecule has 3 N–H and O–H groups in total. The van der Waals surface area contributed by atoms with Crippen LogP contribution in [0.15, 0.2) is 41.5 Å². The van der Waals surface area contributed by atoms with Crippen LogP contribution >= 0.6 is 0 Å². The van der Waals surface area contributed by atoms with Crippen molar-refractivity contribution in [3.63, 3.8) is 0 Å². The van der Waals surface area contributed by atoms with E-state index in [9.17, 15) is 0 Å². The fraction of sp³-hybridized carbons (Fsp3) is 0.412. The fourth-order valence-electron chi connectivity index (χ4n) is 2.97. The Morgan fingerprint density at radius 3 is 2.86 bits per heavy atom. The Kier molecular flexibility index (Phi) is 4.34. The van der Waals surface area contributed by atoms with E-state index in [2.05, 4.69) is 27.4 Å². The second kappa shape index (κ2) is 6.57. The maximum atomic E-state index is 6.01. The standard InChI is InChI=1S/C17H22N4/c18-17(21-14-7-2-1-3-8-14)20-12-16-15-9-5-4-6-13(15)10-11-19-16/h4-6,9-11,14H,1-3,7-8,12H2,(H3,18,20,21). The third-order valence-electron chi connectivity index (χ3n) is 4.11. The number of benzene rings is 1. The lowest BCUT2D eigenvalue weighted by Crippen LogP contribution is -2.41. The Labute approximate surface area is 125 Å². The zero-order valence-electron chi connectivity index (χ0n) is 12.3. The Balaban J connectivity index is 1.68. The maximum Gasteiger partial charge on any atom is 0.189 e. The normalized spacial score (nSPS) is 17.0. The molecule has 1 heterocycles. The molecular weight excluding hydrogens is 260 g/mol. The number of fused-ring (bicyclic) bond motifs is 1. The van der Waals surface area contributed by atoms with Crippen LogP contribution < -0.4 is 11.1 Å². The minimum Gasteiger partial charge on any atom is -0.370 e. The quantitative estimate of drug-likeness (QED) is 0.672. The van der Waals surface area contributed by atoms with Crippen molar-refractivity contribution in [2.24, 2.45) is 10.7 Å². The van der Waals surface area contributed by atoms with E-state index >= 15 is 0 Å². The van der Waals surface area contributed by atoms with Gasteiger partial charge in [0.05, 0.1) is 12.2 Å². The maximum absolute atomic E-state index is 6.01. The first-order valence-electron chi connectivity index (χ1n) is 7.72. The summed E-state index contributed by atoms with van der Waals surface area (Å²) in [5, 5.41) is 5.68. The summed E-state index contributed by atoms with van der Waals surface area (Å²) in [6.07, 6.45) is 8.14. The summed E-state index contributed by atoms with van der Waals surface area (Å²) in [5.41, 5.74) is 6.98. The predicted octanol–water partition coefficient (Wildman–Crippen LogP) is 2.97. The smallest absolute Gasteiger partial charge is 0.189 e. The van der Waals surface area contributed by atoms with Gasteiger partial charge < -0.3 is 11.1 Å². The number of pyridine rings is 1. The van der Waals surface area contributed by atoms with E-state index in [0.717, 1.165) is 11.1 Å². The van der Waals surface area contributed by atoms with Gasteiger partial charge >= 0.3 is 0 Å². The van der Waals surface area contributed by atoms with Gasteiger partial charge in [-0.2, -0.15) is 0 Å². The van der Waals surface area contributed by atoms with Crippen molar-refractivity contribution in [3.05, 3.63) is 42.2 Å². The van der Waals surface area contributed by atoms with Gasteiger partial charge in [-0.05, 0) is 24.3 Å². The lowest BCUT2D eigenvalue weighted by Gasteiger charge is -2.23. The molecule has 0 radical (unpaired) electrons. The average molecular weight is 282 g/mol. The topological polar surface area (TPSA) is 63.3 Å². The van der Waals surface area contributed by atoms with Gasteiger partial charge in [0.15, 0.2) is 5.96 Å². The number of nitrogens with one attached hydrogen (secondary N) is 1. The molecule has 1 fully saturated rings. The molecule has 3 rings (SSSR count). The molecule has 1 aromatic heterocycles. The first-order valence-corrected chi connectivity index (χ1v) is 7.72. The summed E-state index contributed by atoms with van der Waals surface area (Å²) in [6, 6.07) is 10.7. The number of aromatic nitrogens is 1. The van der Waals surface area contributed by atoms with Crippen molar-refractivity contribution in [2.45, 2.75) is 44.7 Å². The zero-order valence-corrected chi connectivity index (χ0v) is 12.3. The van der Waals surface area contributed by atoms with E-state index in [1.807, 2.05) is 24.4 Å². The molecule has 1 aliphatic carbocycles. The Hall–Kier alpha value is -2.10. The summed E-state index contributed by atoms with van der Waals surface area (Å²) in [4.78, 5) is 8.89. The van der Waals surface area contributed by atoms with Crippen LogP contribution in [-0.2, 0) is 6.54 Å². The summed E-state index contributed by atoms with van der Waals surface area (Å²) < 4.78 is 0. The Bertz CT molecular complexity index is 624. The summed E-state index contributed by atoms with van der Waals surface area (Å²) in [5.74, 6) is 0.539. The third kappa shape index (κ3) is 3.51. The summed E-state index contributed by atoms with van der Waals surface area (Å²) in [7, 11) is 0. The van der Waals surface area contributed by atoms with E-state index in [-0.39, 0.29) is 0 Å². The number of rotatable bonds is 3. The van der Waals surface area contributed by atoms with Crippen LogP contribution in [0.25, 0.3) is 10.8 Å². The molecule has 2 aromatic rings. The van der Waals surface area contributed by atoms with Crippen molar-refractivity contribution in [1.82, 2.24) is 10.3 Å². The summed E-state index contributed by atoms with van der Waals surface area (Å²) in [6.45, 7) is 0.521. The van der Waals surface area contributed by atoms with Gasteiger partial charge in [-0.3, -0.25) is 4.98 Å². The van der Waals surface area contributed by atoms with Gasteiger partial charge in [-0.25, -0.2) is 4.99 Å². The molecule has 0 spiro atoms. The van der Waals surface area contributed by atoms with E-state index in [0.29, 0.717) is 18.5 Å². The van der Waals surface area contributed by atoms with Crippen LogP contribution in [0.4, 0.5) is 0 Å². The largest absolute Gasteiger partial charge is 0.370 e. The Morgan fingerprint density at radius 2 is 2.00 bits per heavy atom. The molecule has 110 valence electrons. The number of aliphatic imine (C=N–C) groups is 1. The highest BCUT2D eigenvalue weighted by atomic mass is 15.1. The van der Waals surface area contributed by atoms with E-state index in [1.165, 1.54) is 37.5 Å². The van der Waals surface area contributed by atoms with Gasteiger partial charge in [0.2, 0.25) is 0 Å². The third-order valence-corrected chi connectivity index (χ3v) is 4.11. The summed E-state index contributed by atoms with van der Waals surface area (Å²) >= 11 is 0. The highest BCUT2D eigenvalue weighted by Crippen LogP contribution is 2.18. The SMILES string of the molecule is NC(=NCc1nccc2ccccc12)NC1CCCCC1. The van der Waals surface area contributed by atoms with Crippen LogP contribution in [0.3, 0.4) is 0 Å². The van der Waals surface area contributed by atoms with Gasteiger partial charge in [-0.15, -0.1) is 0 Å². The second-order valence-electron chi connectivity index (χ2n) is 5.66. The molecule has 4 heteroatoms. The van der Waals surface area contributed by atoms with Crippen LogP contribution in [0.5, 0.6) is 0 Å². The van der Waals surface area contributed by atoms with Crippen LogP contribution in [-0.4, -0.2) is 17.0 Å². The van der Waals surface area contributed by atoms with Crippen LogP contribution in [0.1, 0.15) is 37.8 Å².